The fraction of sp³-hybridized carbons (Fsp3) is 0. The van der Waals surface area contributed by atoms with E-state index < -0.39 is 0 Å². The zero-order valence-electron chi connectivity index (χ0n) is 37.9. The van der Waals surface area contributed by atoms with Crippen LogP contribution in [0.15, 0.2) is 251 Å². The Bertz CT molecular complexity index is 4620. The highest BCUT2D eigenvalue weighted by Gasteiger charge is 2.25. The third kappa shape index (κ3) is 5.68. The third-order valence-corrected chi connectivity index (χ3v) is 14.8. The molecule has 0 unspecified atom stereocenters. The number of hydrogen-bond donors (Lipinski definition) is 0. The molecule has 0 aliphatic rings. The lowest BCUT2D eigenvalue weighted by molar-refractivity contribution is 0.669. The monoisotopic (exact) mass is 888 g/mol. The van der Waals surface area contributed by atoms with Gasteiger partial charge in [0.2, 0.25) is 0 Å². The fourth-order valence-corrected chi connectivity index (χ4v) is 11.9. The Morgan fingerprint density at radius 2 is 0.614 bits per heavy atom. The second-order valence-corrected chi connectivity index (χ2v) is 18.6. The van der Waals surface area contributed by atoms with Crippen LogP contribution in [-0.2, 0) is 0 Å². The number of rotatable bonds is 5. The van der Waals surface area contributed by atoms with Gasteiger partial charge in [0.25, 0.3) is 0 Å². The van der Waals surface area contributed by atoms with E-state index in [4.69, 9.17) is 8.83 Å². The summed E-state index contributed by atoms with van der Waals surface area (Å²) in [7, 11) is 0. The van der Waals surface area contributed by atoms with Gasteiger partial charge in [0.15, 0.2) is 0 Å². The van der Waals surface area contributed by atoms with E-state index in [0.29, 0.717) is 0 Å². The molecule has 0 spiro atoms. The normalized spacial score (nSPS) is 12.0. The molecule has 2 nitrogen and oxygen atoms in total. The van der Waals surface area contributed by atoms with Crippen molar-refractivity contribution in [3.63, 3.8) is 0 Å². The summed E-state index contributed by atoms with van der Waals surface area (Å²) in [6.45, 7) is 0. The smallest absolute Gasteiger partial charge is 0.143 e. The molecule has 0 amide bonds. The van der Waals surface area contributed by atoms with Crippen molar-refractivity contribution in [3.8, 4) is 55.6 Å². The predicted octanol–water partition coefficient (Wildman–Crippen LogP) is 19.6. The zero-order valence-corrected chi connectivity index (χ0v) is 37.9. The Balaban J connectivity index is 1.08. The lowest BCUT2D eigenvalue weighted by atomic mass is 9.83. The van der Waals surface area contributed by atoms with Gasteiger partial charge < -0.3 is 8.83 Å². The summed E-state index contributed by atoms with van der Waals surface area (Å²) in [4.78, 5) is 0. The molecular weight excluding hydrogens is 849 g/mol. The van der Waals surface area contributed by atoms with E-state index in [1.807, 2.05) is 6.07 Å². The quantitative estimate of drug-likeness (QED) is 0.161. The summed E-state index contributed by atoms with van der Waals surface area (Å²) in [6.07, 6.45) is 0. The number of fused-ring (bicyclic) bond motifs is 13. The van der Waals surface area contributed by atoms with Crippen LogP contribution in [0.1, 0.15) is 0 Å². The summed E-state index contributed by atoms with van der Waals surface area (Å²) >= 11 is 0. The van der Waals surface area contributed by atoms with Gasteiger partial charge >= 0.3 is 0 Å². The van der Waals surface area contributed by atoms with Gasteiger partial charge in [-0.2, -0.15) is 0 Å². The molecule has 15 aromatic rings. The van der Waals surface area contributed by atoms with E-state index in [1.54, 1.807) is 0 Å². The first-order valence-corrected chi connectivity index (χ1v) is 24.1. The first-order valence-electron chi connectivity index (χ1n) is 24.1. The predicted molar refractivity (Wildman–Crippen MR) is 296 cm³/mol. The Morgan fingerprint density at radius 1 is 0.214 bits per heavy atom. The molecule has 0 atom stereocenters. The molecule has 2 heteroatoms. The van der Waals surface area contributed by atoms with Crippen LogP contribution in [0.2, 0.25) is 0 Å². The highest BCUT2D eigenvalue weighted by molar-refractivity contribution is 6.35. The van der Waals surface area contributed by atoms with Gasteiger partial charge in [-0.05, 0) is 129 Å². The van der Waals surface area contributed by atoms with Crippen molar-refractivity contribution in [2.24, 2.45) is 0 Å². The SMILES string of the molecule is c1ccc(-c2c3ccccc3c(-c3ccccc3)c3cc(-c4ccc5c(-c6ccccc6)c6ccccc6c(-c6cc7ccc8oc9ccccc9c8c7c7c6oc6ccccc67)c5c4)ccc23)cc1. The van der Waals surface area contributed by atoms with Gasteiger partial charge in [0.1, 0.15) is 22.3 Å². The largest absolute Gasteiger partial charge is 0.456 e. The van der Waals surface area contributed by atoms with Crippen LogP contribution in [-0.4, -0.2) is 0 Å². The Morgan fingerprint density at radius 3 is 1.14 bits per heavy atom. The standard InChI is InChI=1S/C68H40O2/c1-4-18-41(19-5-1)61-47-24-10-11-25-48(47)63(43-22-8-3-9-23-43)55-38-44(32-35-51(55)61)45-33-36-52-56(39-45)65(50-27-13-12-26-49(50)62(52)42-20-6-2-7-21-42)57-40-46-34-37-60-66(53-28-14-16-30-58(53)69-60)64(46)67-54-29-15-17-31-59(54)70-68(57)67/h1-40H. The van der Waals surface area contributed by atoms with E-state index in [9.17, 15) is 0 Å². The molecule has 0 aliphatic heterocycles. The molecule has 13 aromatic carbocycles. The van der Waals surface area contributed by atoms with E-state index in [0.717, 1.165) is 82.3 Å². The third-order valence-electron chi connectivity index (χ3n) is 14.8. The summed E-state index contributed by atoms with van der Waals surface area (Å²) in [6, 6.07) is 88.3. The average molecular weight is 889 g/mol. The molecule has 2 aromatic heterocycles. The molecule has 0 radical (unpaired) electrons. The molecular formula is C68H40O2. The van der Waals surface area contributed by atoms with Gasteiger partial charge in [0.05, 0.1) is 0 Å². The molecule has 0 fully saturated rings. The Hall–Kier alpha value is -9.24. The highest BCUT2D eigenvalue weighted by Crippen LogP contribution is 2.51. The van der Waals surface area contributed by atoms with Crippen LogP contribution >= 0.6 is 0 Å². The molecule has 324 valence electrons. The lowest BCUT2D eigenvalue weighted by Crippen LogP contribution is -1.93. The minimum Gasteiger partial charge on any atom is -0.456 e. The molecule has 2 heterocycles. The van der Waals surface area contributed by atoms with E-state index in [2.05, 4.69) is 237 Å². The maximum Gasteiger partial charge on any atom is 0.143 e. The highest BCUT2D eigenvalue weighted by atomic mass is 16.3. The van der Waals surface area contributed by atoms with Crippen molar-refractivity contribution in [1.29, 1.82) is 0 Å². The maximum atomic E-state index is 7.17. The van der Waals surface area contributed by atoms with Crippen LogP contribution < -0.4 is 0 Å². The van der Waals surface area contributed by atoms with E-state index in [-0.39, 0.29) is 0 Å². The number of furan rings is 2. The van der Waals surface area contributed by atoms with Gasteiger partial charge in [-0.15, -0.1) is 0 Å². The van der Waals surface area contributed by atoms with Gasteiger partial charge in [-0.3, -0.25) is 0 Å². The van der Waals surface area contributed by atoms with Crippen molar-refractivity contribution < 1.29 is 8.83 Å². The minimum atomic E-state index is 0.860. The molecule has 0 bridgehead atoms. The zero-order chi connectivity index (χ0) is 45.9. The number of para-hydroxylation sites is 2. The average Bonchev–Trinajstić information content (AvgIpc) is 4.01. The topological polar surface area (TPSA) is 26.3 Å². The van der Waals surface area contributed by atoms with E-state index in [1.165, 1.54) is 71.1 Å². The Labute approximate surface area is 402 Å². The summed E-state index contributed by atoms with van der Waals surface area (Å²) in [5.74, 6) is 0. The van der Waals surface area contributed by atoms with Crippen LogP contribution in [0.25, 0.3) is 153 Å². The molecule has 70 heavy (non-hydrogen) atoms. The van der Waals surface area contributed by atoms with Gasteiger partial charge in [0, 0.05) is 38.1 Å². The van der Waals surface area contributed by atoms with Crippen molar-refractivity contribution >= 4 is 97.7 Å². The van der Waals surface area contributed by atoms with E-state index >= 15 is 0 Å². The first-order chi connectivity index (χ1) is 34.7. The van der Waals surface area contributed by atoms with Crippen molar-refractivity contribution in [1.82, 2.24) is 0 Å². The Kier molecular flexibility index (Phi) is 8.39. The molecule has 0 N–H and O–H groups in total. The van der Waals surface area contributed by atoms with Crippen molar-refractivity contribution in [2.75, 3.05) is 0 Å². The molecule has 15 rings (SSSR count). The van der Waals surface area contributed by atoms with Crippen LogP contribution in [0.4, 0.5) is 0 Å². The summed E-state index contributed by atoms with van der Waals surface area (Å²) in [5, 5.41) is 16.4. The molecule has 0 saturated carbocycles. The summed E-state index contributed by atoms with van der Waals surface area (Å²) in [5.41, 5.74) is 15.3. The number of hydrogen-bond acceptors (Lipinski definition) is 2. The van der Waals surface area contributed by atoms with Crippen molar-refractivity contribution in [3.05, 3.63) is 243 Å². The maximum absolute atomic E-state index is 7.17. The number of benzene rings is 13. The fourth-order valence-electron chi connectivity index (χ4n) is 11.9. The first kappa shape index (κ1) is 38.8. The van der Waals surface area contributed by atoms with Crippen LogP contribution in [0.5, 0.6) is 0 Å². The van der Waals surface area contributed by atoms with Crippen LogP contribution in [0.3, 0.4) is 0 Å². The van der Waals surface area contributed by atoms with Gasteiger partial charge in [-0.1, -0.05) is 206 Å². The van der Waals surface area contributed by atoms with Crippen molar-refractivity contribution in [2.45, 2.75) is 0 Å². The van der Waals surface area contributed by atoms with Gasteiger partial charge in [-0.25, -0.2) is 0 Å². The minimum absolute atomic E-state index is 0.860. The van der Waals surface area contributed by atoms with Crippen LogP contribution in [0, 0.1) is 0 Å². The second kappa shape index (κ2) is 15.1. The summed E-state index contributed by atoms with van der Waals surface area (Å²) < 4.78 is 13.7. The second-order valence-electron chi connectivity index (χ2n) is 18.6. The molecule has 0 aliphatic carbocycles. The lowest BCUT2D eigenvalue weighted by Gasteiger charge is -2.20. The molecule has 0 saturated heterocycles.